The predicted octanol–water partition coefficient (Wildman–Crippen LogP) is 4.51. The van der Waals surface area contributed by atoms with Crippen LogP contribution < -0.4 is 5.32 Å². The molecule has 0 bridgehead atoms. The fourth-order valence-corrected chi connectivity index (χ4v) is 4.25. The van der Waals surface area contributed by atoms with Crippen LogP contribution in [0.4, 0.5) is 0 Å². The number of amides is 1. The highest BCUT2D eigenvalue weighted by Crippen LogP contribution is 2.27. The van der Waals surface area contributed by atoms with Crippen LogP contribution in [0.5, 0.6) is 0 Å². The molecule has 0 radical (unpaired) electrons. The summed E-state index contributed by atoms with van der Waals surface area (Å²) in [4.78, 5) is 21.2. The van der Waals surface area contributed by atoms with Crippen molar-refractivity contribution < 1.29 is 4.79 Å². The quantitative estimate of drug-likeness (QED) is 0.496. The second-order valence-corrected chi connectivity index (χ2v) is 7.92. The van der Waals surface area contributed by atoms with E-state index in [1.165, 1.54) is 12.1 Å². The molecule has 152 valence electrons. The van der Waals surface area contributed by atoms with Gasteiger partial charge in [-0.3, -0.25) is 4.79 Å². The average Bonchev–Trinajstić information content (AvgIpc) is 3.28. The topological polar surface area (TPSA) is 75.6 Å². The Bertz CT molecular complexity index is 1160. The van der Waals surface area contributed by atoms with E-state index in [4.69, 9.17) is 5.10 Å². The Hall–Kier alpha value is -3.41. The normalized spacial score (nSPS) is 14.8. The van der Waals surface area contributed by atoms with Crippen molar-refractivity contribution in [1.82, 2.24) is 25.1 Å². The smallest absolute Gasteiger partial charge is 0.272 e. The molecule has 1 amide bonds. The molecule has 2 N–H and O–H groups in total. The van der Waals surface area contributed by atoms with Crippen LogP contribution in [-0.4, -0.2) is 25.7 Å². The van der Waals surface area contributed by atoms with Gasteiger partial charge in [0.05, 0.1) is 22.8 Å². The number of carbonyl (C=O) groups is 1. The summed E-state index contributed by atoms with van der Waals surface area (Å²) in [6.45, 7) is 1.95. The monoisotopic (exact) mass is 399 g/mol. The number of benzene rings is 2. The van der Waals surface area contributed by atoms with E-state index in [2.05, 4.69) is 15.3 Å². The summed E-state index contributed by atoms with van der Waals surface area (Å²) in [7, 11) is 0. The van der Waals surface area contributed by atoms with Crippen molar-refractivity contribution in [2.24, 2.45) is 0 Å². The Morgan fingerprint density at radius 1 is 1.03 bits per heavy atom. The Kier molecular flexibility index (Phi) is 4.83. The number of imidazole rings is 1. The molecule has 30 heavy (non-hydrogen) atoms. The van der Waals surface area contributed by atoms with E-state index in [0.717, 1.165) is 53.8 Å². The molecule has 1 atom stereocenters. The van der Waals surface area contributed by atoms with Crippen molar-refractivity contribution in [3.63, 3.8) is 0 Å². The van der Waals surface area contributed by atoms with Crippen molar-refractivity contribution in [1.29, 1.82) is 0 Å². The molecule has 1 aliphatic carbocycles. The molecule has 2 aromatic heterocycles. The van der Waals surface area contributed by atoms with Crippen LogP contribution in [0.25, 0.3) is 16.7 Å². The summed E-state index contributed by atoms with van der Waals surface area (Å²) in [6.07, 6.45) is 5.24. The molecule has 2 heterocycles. The molecule has 1 aliphatic rings. The standard InChI is InChI=1S/C24H25N5O/c1-16(23-26-19-13-8-9-14-20(19)27-23)25-24(30)22-18-12-6-3-7-15-21(18)29(28-22)17-10-4-2-5-11-17/h2,4-5,8-11,13-14,16H,3,6-7,12,15H2,1H3,(H,25,30)(H,26,27). The van der Waals surface area contributed by atoms with Crippen LogP contribution in [0, 0.1) is 0 Å². The second-order valence-electron chi connectivity index (χ2n) is 7.92. The SMILES string of the molecule is CC(NC(=O)c1nn(-c2ccccc2)c2c1CCCCC2)c1nc2ccccc2[nH]1. The molecular formula is C24H25N5O. The molecule has 2 aromatic carbocycles. The first kappa shape index (κ1) is 18.6. The van der Waals surface area contributed by atoms with Gasteiger partial charge in [-0.2, -0.15) is 5.10 Å². The van der Waals surface area contributed by atoms with E-state index in [1.807, 2.05) is 66.2 Å². The minimum Gasteiger partial charge on any atom is -0.341 e. The fourth-order valence-electron chi connectivity index (χ4n) is 4.25. The number of hydrogen-bond donors (Lipinski definition) is 2. The highest BCUT2D eigenvalue weighted by atomic mass is 16.2. The summed E-state index contributed by atoms with van der Waals surface area (Å²) < 4.78 is 1.96. The number of para-hydroxylation sites is 3. The van der Waals surface area contributed by atoms with Gasteiger partial charge in [0.2, 0.25) is 0 Å². The summed E-state index contributed by atoms with van der Waals surface area (Å²) in [5.41, 5.74) is 5.66. The van der Waals surface area contributed by atoms with Gasteiger partial charge in [-0.25, -0.2) is 9.67 Å². The molecule has 0 aliphatic heterocycles. The van der Waals surface area contributed by atoms with E-state index >= 15 is 0 Å². The van der Waals surface area contributed by atoms with E-state index in [1.54, 1.807) is 0 Å². The summed E-state index contributed by atoms with van der Waals surface area (Å²) in [5, 5.41) is 7.87. The Labute approximate surface area is 175 Å². The zero-order valence-electron chi connectivity index (χ0n) is 17.1. The minimum atomic E-state index is -0.242. The molecule has 5 rings (SSSR count). The number of aromatic nitrogens is 4. The van der Waals surface area contributed by atoms with Crippen LogP contribution in [0.1, 0.15) is 59.8 Å². The first-order chi connectivity index (χ1) is 14.7. The Morgan fingerprint density at radius 3 is 2.63 bits per heavy atom. The molecule has 4 aromatic rings. The number of nitrogens with one attached hydrogen (secondary N) is 2. The zero-order chi connectivity index (χ0) is 20.5. The van der Waals surface area contributed by atoms with Gasteiger partial charge >= 0.3 is 0 Å². The van der Waals surface area contributed by atoms with Crippen LogP contribution in [0.3, 0.4) is 0 Å². The lowest BCUT2D eigenvalue weighted by Crippen LogP contribution is -2.28. The summed E-state index contributed by atoms with van der Waals surface area (Å²) in [6, 6.07) is 17.7. The molecule has 0 fully saturated rings. The maximum absolute atomic E-state index is 13.2. The van der Waals surface area contributed by atoms with Crippen LogP contribution in [0.2, 0.25) is 0 Å². The number of aromatic amines is 1. The number of carbonyl (C=O) groups excluding carboxylic acids is 1. The molecule has 6 heteroatoms. The zero-order valence-corrected chi connectivity index (χ0v) is 17.1. The summed E-state index contributed by atoms with van der Waals surface area (Å²) in [5.74, 6) is 0.605. The molecule has 0 saturated heterocycles. The third-order valence-corrected chi connectivity index (χ3v) is 5.81. The lowest BCUT2D eigenvalue weighted by molar-refractivity contribution is 0.0932. The molecule has 0 saturated carbocycles. The van der Waals surface area contributed by atoms with Crippen molar-refractivity contribution in [3.05, 3.63) is 77.4 Å². The van der Waals surface area contributed by atoms with E-state index in [-0.39, 0.29) is 11.9 Å². The third kappa shape index (κ3) is 3.38. The van der Waals surface area contributed by atoms with Gasteiger partial charge in [0, 0.05) is 11.3 Å². The minimum absolute atomic E-state index is 0.143. The molecule has 1 unspecified atom stereocenters. The lowest BCUT2D eigenvalue weighted by atomic mass is 10.1. The average molecular weight is 399 g/mol. The van der Waals surface area contributed by atoms with Crippen molar-refractivity contribution >= 4 is 16.9 Å². The number of fused-ring (bicyclic) bond motifs is 2. The first-order valence-electron chi connectivity index (χ1n) is 10.6. The number of rotatable bonds is 4. The van der Waals surface area contributed by atoms with Gasteiger partial charge in [-0.15, -0.1) is 0 Å². The van der Waals surface area contributed by atoms with Gasteiger partial charge in [0.1, 0.15) is 5.82 Å². The number of hydrogen-bond acceptors (Lipinski definition) is 3. The van der Waals surface area contributed by atoms with Crippen molar-refractivity contribution in [3.8, 4) is 5.69 Å². The van der Waals surface area contributed by atoms with Gasteiger partial charge < -0.3 is 10.3 Å². The number of nitrogens with zero attached hydrogens (tertiary/aromatic N) is 3. The van der Waals surface area contributed by atoms with Crippen LogP contribution in [-0.2, 0) is 12.8 Å². The maximum atomic E-state index is 13.2. The largest absolute Gasteiger partial charge is 0.341 e. The van der Waals surface area contributed by atoms with E-state index in [0.29, 0.717) is 5.69 Å². The van der Waals surface area contributed by atoms with Gasteiger partial charge in [0.25, 0.3) is 5.91 Å². The number of H-pyrrole nitrogens is 1. The first-order valence-corrected chi connectivity index (χ1v) is 10.6. The van der Waals surface area contributed by atoms with Gasteiger partial charge in [-0.05, 0) is 56.9 Å². The summed E-state index contributed by atoms with van der Waals surface area (Å²) >= 11 is 0. The van der Waals surface area contributed by atoms with Gasteiger partial charge in [0.15, 0.2) is 5.69 Å². The maximum Gasteiger partial charge on any atom is 0.272 e. The Morgan fingerprint density at radius 2 is 1.80 bits per heavy atom. The second kappa shape index (κ2) is 7.78. The third-order valence-electron chi connectivity index (χ3n) is 5.81. The Balaban J connectivity index is 1.47. The van der Waals surface area contributed by atoms with E-state index in [9.17, 15) is 4.79 Å². The van der Waals surface area contributed by atoms with Crippen molar-refractivity contribution in [2.45, 2.75) is 45.1 Å². The lowest BCUT2D eigenvalue weighted by Gasteiger charge is -2.11. The highest BCUT2D eigenvalue weighted by molar-refractivity contribution is 5.94. The van der Waals surface area contributed by atoms with Crippen molar-refractivity contribution in [2.75, 3.05) is 0 Å². The van der Waals surface area contributed by atoms with Crippen LogP contribution >= 0.6 is 0 Å². The molecular weight excluding hydrogens is 374 g/mol. The molecule has 0 spiro atoms. The molecule has 6 nitrogen and oxygen atoms in total. The fraction of sp³-hybridized carbons (Fsp3) is 0.292. The van der Waals surface area contributed by atoms with Crippen LogP contribution in [0.15, 0.2) is 54.6 Å². The predicted molar refractivity (Wildman–Crippen MR) is 117 cm³/mol. The van der Waals surface area contributed by atoms with E-state index < -0.39 is 0 Å². The highest BCUT2D eigenvalue weighted by Gasteiger charge is 2.26. The van der Waals surface area contributed by atoms with Gasteiger partial charge in [-0.1, -0.05) is 36.8 Å².